The van der Waals surface area contributed by atoms with E-state index < -0.39 is 48.0 Å². The maximum atomic E-state index is 13.3. The topological polar surface area (TPSA) is 158 Å². The maximum Gasteiger partial charge on any atom is 0.347 e. The summed E-state index contributed by atoms with van der Waals surface area (Å²) in [7, 11) is 0. The molecule has 2 amide bonds. The van der Waals surface area contributed by atoms with Crippen molar-refractivity contribution in [2.75, 3.05) is 13.1 Å². The van der Waals surface area contributed by atoms with Crippen LogP contribution >= 0.6 is 15.9 Å². The molecule has 0 saturated carbocycles. The molecule has 0 aliphatic carbocycles. The molecule has 2 aromatic rings. The lowest BCUT2D eigenvalue weighted by atomic mass is 10.2. The van der Waals surface area contributed by atoms with Gasteiger partial charge in [-0.15, -0.1) is 0 Å². The molecule has 3 rings (SSSR count). The third-order valence-electron chi connectivity index (χ3n) is 5.31. The predicted molar refractivity (Wildman–Crippen MR) is 136 cm³/mol. The van der Waals surface area contributed by atoms with E-state index in [4.69, 9.17) is 14.2 Å². The highest BCUT2D eigenvalue weighted by molar-refractivity contribution is 9.10. The van der Waals surface area contributed by atoms with Gasteiger partial charge >= 0.3 is 17.9 Å². The van der Waals surface area contributed by atoms with E-state index in [9.17, 15) is 24.0 Å². The summed E-state index contributed by atoms with van der Waals surface area (Å²) in [6, 6.07) is 3.27. The third-order valence-corrected chi connectivity index (χ3v) is 5.91. The Bertz CT molecular complexity index is 1320. The van der Waals surface area contributed by atoms with Gasteiger partial charge in [0.2, 0.25) is 5.96 Å². The summed E-state index contributed by atoms with van der Waals surface area (Å²) in [6.07, 6.45) is -0.589. The highest BCUT2D eigenvalue weighted by atomic mass is 79.9. The number of nitrogens with zero attached hydrogens (tertiary/aromatic N) is 5. The molecule has 0 bridgehead atoms. The first-order chi connectivity index (χ1) is 17.9. The minimum Gasteiger partial charge on any atom is -0.453 e. The van der Waals surface area contributed by atoms with E-state index in [-0.39, 0.29) is 19.0 Å². The number of aromatic nitrogens is 2. The molecule has 0 radical (unpaired) electrons. The van der Waals surface area contributed by atoms with Crippen molar-refractivity contribution < 1.29 is 38.2 Å². The van der Waals surface area contributed by atoms with Crippen molar-refractivity contribution in [2.24, 2.45) is 4.99 Å². The van der Waals surface area contributed by atoms with E-state index in [1.54, 1.807) is 12.1 Å². The molecular formula is C24H26BrN5O8. The molecule has 1 saturated heterocycles. The van der Waals surface area contributed by atoms with Crippen LogP contribution in [-0.2, 0) is 38.2 Å². The zero-order chi connectivity index (χ0) is 28.1. The van der Waals surface area contributed by atoms with Crippen LogP contribution in [-0.4, -0.2) is 86.9 Å². The summed E-state index contributed by atoms with van der Waals surface area (Å²) >= 11 is 3.43. The van der Waals surface area contributed by atoms with Crippen LogP contribution in [0.1, 0.15) is 34.6 Å². The standard InChI is InChI=1S/C24H26BrN5O8/c1-12(36-15(4)31)21(33)29-8-9-30(22(34)13(2)38-23(35)14(3)37-16(5)32)24(29)28-17-10-18(25)20-19(11-17)26-6-7-27-20/h6-7,10-14H,8-9H2,1-5H3. The van der Waals surface area contributed by atoms with Gasteiger partial charge in [0, 0.05) is 43.8 Å². The number of amides is 2. The summed E-state index contributed by atoms with van der Waals surface area (Å²) in [5, 5.41) is 0. The number of esters is 3. The van der Waals surface area contributed by atoms with Crippen molar-refractivity contribution >= 4 is 68.3 Å². The van der Waals surface area contributed by atoms with Crippen LogP contribution in [0.25, 0.3) is 11.0 Å². The highest BCUT2D eigenvalue weighted by Gasteiger charge is 2.40. The Balaban J connectivity index is 1.95. The van der Waals surface area contributed by atoms with E-state index in [2.05, 4.69) is 30.9 Å². The second-order valence-corrected chi connectivity index (χ2v) is 9.18. The normalized spacial score (nSPS) is 16.6. The predicted octanol–water partition coefficient (Wildman–Crippen LogP) is 1.89. The van der Waals surface area contributed by atoms with Crippen LogP contribution in [0.15, 0.2) is 34.0 Å². The summed E-state index contributed by atoms with van der Waals surface area (Å²) in [6.45, 7) is 6.49. The van der Waals surface area contributed by atoms with Crippen LogP contribution < -0.4 is 0 Å². The van der Waals surface area contributed by atoms with Crippen molar-refractivity contribution in [2.45, 2.75) is 52.9 Å². The first-order valence-electron chi connectivity index (χ1n) is 11.6. The van der Waals surface area contributed by atoms with E-state index in [0.717, 1.165) is 6.92 Å². The Kier molecular flexibility index (Phi) is 9.09. The molecule has 1 aromatic heterocycles. The summed E-state index contributed by atoms with van der Waals surface area (Å²) < 4.78 is 15.6. The van der Waals surface area contributed by atoms with Crippen molar-refractivity contribution in [3.63, 3.8) is 0 Å². The second-order valence-electron chi connectivity index (χ2n) is 8.33. The largest absolute Gasteiger partial charge is 0.453 e. The Labute approximate surface area is 226 Å². The van der Waals surface area contributed by atoms with Gasteiger partial charge in [0.05, 0.1) is 11.2 Å². The first-order valence-corrected chi connectivity index (χ1v) is 12.3. The molecular weight excluding hydrogens is 566 g/mol. The quantitative estimate of drug-likeness (QED) is 0.344. The molecule has 0 N–H and O–H groups in total. The molecule has 1 aliphatic rings. The van der Waals surface area contributed by atoms with Gasteiger partial charge < -0.3 is 14.2 Å². The number of ether oxygens (including phenoxy) is 3. The summed E-state index contributed by atoms with van der Waals surface area (Å²) in [5.74, 6) is -3.54. The lowest BCUT2D eigenvalue weighted by Gasteiger charge is -2.25. The molecule has 2 heterocycles. The number of aliphatic imine (C=N–C) groups is 1. The molecule has 3 atom stereocenters. The third kappa shape index (κ3) is 6.68. The fourth-order valence-electron chi connectivity index (χ4n) is 3.64. The number of rotatable bonds is 7. The molecule has 13 nitrogen and oxygen atoms in total. The number of carbonyl (C=O) groups is 5. The zero-order valence-corrected chi connectivity index (χ0v) is 22.9. The molecule has 14 heteroatoms. The number of hydrogen-bond acceptors (Lipinski definition) is 11. The van der Waals surface area contributed by atoms with Crippen LogP contribution in [0.5, 0.6) is 0 Å². The Morgan fingerprint density at radius 2 is 1.37 bits per heavy atom. The number of carbonyl (C=O) groups excluding carboxylic acids is 5. The van der Waals surface area contributed by atoms with E-state index in [1.165, 1.54) is 49.9 Å². The summed E-state index contributed by atoms with van der Waals surface area (Å²) in [5.41, 5.74) is 1.46. The number of hydrogen-bond donors (Lipinski definition) is 0. The van der Waals surface area contributed by atoms with E-state index >= 15 is 0 Å². The average molecular weight is 592 g/mol. The summed E-state index contributed by atoms with van der Waals surface area (Å²) in [4.78, 5) is 76.8. The fraction of sp³-hybridized carbons (Fsp3) is 0.417. The number of fused-ring (bicyclic) bond motifs is 1. The molecule has 0 spiro atoms. The number of halogens is 1. The van der Waals surface area contributed by atoms with Gasteiger partial charge in [0.15, 0.2) is 18.3 Å². The van der Waals surface area contributed by atoms with Gasteiger partial charge in [0.25, 0.3) is 11.8 Å². The number of guanidine groups is 1. The second kappa shape index (κ2) is 12.1. The van der Waals surface area contributed by atoms with Crippen molar-refractivity contribution in [3.8, 4) is 0 Å². The van der Waals surface area contributed by atoms with Gasteiger partial charge in [-0.3, -0.25) is 38.9 Å². The van der Waals surface area contributed by atoms with Crippen LogP contribution in [0, 0.1) is 0 Å². The monoisotopic (exact) mass is 591 g/mol. The SMILES string of the molecule is CC(=O)OC(C)C(=O)OC(C)C(=O)N1CCN(C(=O)C(C)OC(C)=O)C1=Nc1cc(Br)c2nccnc2c1. The first kappa shape index (κ1) is 28.6. The highest BCUT2D eigenvalue weighted by Crippen LogP contribution is 2.28. The van der Waals surface area contributed by atoms with Crippen molar-refractivity contribution in [1.29, 1.82) is 0 Å². The van der Waals surface area contributed by atoms with Crippen LogP contribution in [0.2, 0.25) is 0 Å². The maximum absolute atomic E-state index is 13.3. The van der Waals surface area contributed by atoms with Gasteiger partial charge in [-0.05, 0) is 48.8 Å². The van der Waals surface area contributed by atoms with E-state index in [1.807, 2.05) is 0 Å². The van der Waals surface area contributed by atoms with Crippen LogP contribution in [0.4, 0.5) is 5.69 Å². The number of benzene rings is 1. The Morgan fingerprint density at radius 1 is 0.842 bits per heavy atom. The van der Waals surface area contributed by atoms with Crippen LogP contribution in [0.3, 0.4) is 0 Å². The molecule has 38 heavy (non-hydrogen) atoms. The van der Waals surface area contributed by atoms with Gasteiger partial charge in [-0.2, -0.15) is 0 Å². The lowest BCUT2D eigenvalue weighted by Crippen LogP contribution is -2.47. The minimum absolute atomic E-state index is 0.0339. The van der Waals surface area contributed by atoms with Gasteiger partial charge in [-0.1, -0.05) is 0 Å². The smallest absolute Gasteiger partial charge is 0.347 e. The molecule has 202 valence electrons. The molecule has 3 unspecified atom stereocenters. The molecule has 1 fully saturated rings. The Morgan fingerprint density at radius 3 is 1.95 bits per heavy atom. The molecule has 1 aromatic carbocycles. The van der Waals surface area contributed by atoms with E-state index in [0.29, 0.717) is 21.2 Å². The zero-order valence-electron chi connectivity index (χ0n) is 21.3. The fourth-order valence-corrected chi connectivity index (χ4v) is 4.18. The van der Waals surface area contributed by atoms with Crippen molar-refractivity contribution in [3.05, 3.63) is 29.0 Å². The molecule has 1 aliphatic heterocycles. The lowest BCUT2D eigenvalue weighted by molar-refractivity contribution is -0.171. The minimum atomic E-state index is -1.29. The van der Waals surface area contributed by atoms with Gasteiger partial charge in [-0.25, -0.2) is 9.79 Å². The van der Waals surface area contributed by atoms with Crippen molar-refractivity contribution in [1.82, 2.24) is 19.8 Å². The average Bonchev–Trinajstić information content (AvgIpc) is 3.25. The Hall–Kier alpha value is -3.94. The van der Waals surface area contributed by atoms with Gasteiger partial charge in [0.1, 0.15) is 5.52 Å².